The molecule has 1 N–H and O–H groups in total. The first kappa shape index (κ1) is 21.6. The highest BCUT2D eigenvalue weighted by Crippen LogP contribution is 2.24. The predicted molar refractivity (Wildman–Crippen MR) is 130 cm³/mol. The Kier molecular flexibility index (Phi) is 6.50. The van der Waals surface area contributed by atoms with E-state index in [4.69, 9.17) is 4.98 Å². The van der Waals surface area contributed by atoms with Crippen molar-refractivity contribution in [2.45, 2.75) is 39.7 Å². The molecule has 32 heavy (non-hydrogen) atoms. The van der Waals surface area contributed by atoms with Gasteiger partial charge in [-0.2, -0.15) is 0 Å². The third-order valence-corrected chi connectivity index (χ3v) is 5.69. The molecule has 0 aliphatic heterocycles. The van der Waals surface area contributed by atoms with Gasteiger partial charge in [0.1, 0.15) is 11.6 Å². The molecule has 0 saturated carbocycles. The third kappa shape index (κ3) is 4.50. The molecule has 1 heterocycles. The lowest BCUT2D eigenvalue weighted by atomic mass is 10.0. The number of hydrogen-bond donors (Lipinski definition) is 1. The molecule has 4 heteroatoms. The maximum absolute atomic E-state index is 13.7. The van der Waals surface area contributed by atoms with Crippen LogP contribution in [0.3, 0.4) is 0 Å². The maximum atomic E-state index is 13.7. The Morgan fingerprint density at radius 2 is 1.44 bits per heavy atom. The molecule has 162 valence electrons. The maximum Gasteiger partial charge on any atom is 0.261 e. The van der Waals surface area contributed by atoms with Gasteiger partial charge < -0.3 is 5.11 Å². The van der Waals surface area contributed by atoms with Gasteiger partial charge in [-0.05, 0) is 47.2 Å². The van der Waals surface area contributed by atoms with Gasteiger partial charge in [-0.25, -0.2) is 4.98 Å². The smallest absolute Gasteiger partial charge is 0.261 e. The normalized spacial score (nSPS) is 10.9. The van der Waals surface area contributed by atoms with E-state index < -0.39 is 0 Å². The number of aromatic hydroxyl groups is 1. The first-order valence-electron chi connectivity index (χ1n) is 11.2. The number of phenolic OH excluding ortho intramolecular Hbond substituents is 1. The molecule has 0 aliphatic rings. The Morgan fingerprint density at radius 1 is 0.812 bits per heavy atom. The molecule has 3 aromatic carbocycles. The monoisotopic (exact) mass is 424 g/mol. The van der Waals surface area contributed by atoms with Gasteiger partial charge in [0.2, 0.25) is 0 Å². The molecule has 0 atom stereocenters. The first-order valence-corrected chi connectivity index (χ1v) is 11.2. The van der Waals surface area contributed by atoms with Crippen LogP contribution in [0.4, 0.5) is 0 Å². The van der Waals surface area contributed by atoms with Crippen LogP contribution in [0.15, 0.2) is 83.7 Å². The number of phenols is 1. The van der Waals surface area contributed by atoms with Gasteiger partial charge in [-0.3, -0.25) is 9.36 Å². The van der Waals surface area contributed by atoms with E-state index in [9.17, 15) is 9.90 Å². The summed E-state index contributed by atoms with van der Waals surface area (Å²) in [5, 5.41) is 9.67. The predicted octanol–water partition coefficient (Wildman–Crippen LogP) is 5.85. The van der Waals surface area contributed by atoms with Gasteiger partial charge in [0.25, 0.3) is 5.56 Å². The zero-order valence-electron chi connectivity index (χ0n) is 18.6. The summed E-state index contributed by atoms with van der Waals surface area (Å²) in [6.45, 7) is 4.60. The van der Waals surface area contributed by atoms with Crippen molar-refractivity contribution in [1.82, 2.24) is 9.55 Å². The van der Waals surface area contributed by atoms with Crippen molar-refractivity contribution in [2.24, 2.45) is 0 Å². The van der Waals surface area contributed by atoms with Crippen LogP contribution < -0.4 is 5.56 Å². The molecule has 0 radical (unpaired) electrons. The second-order valence-corrected chi connectivity index (χ2v) is 7.95. The Balaban J connectivity index is 1.76. The van der Waals surface area contributed by atoms with Crippen LogP contribution in [0.2, 0.25) is 0 Å². The summed E-state index contributed by atoms with van der Waals surface area (Å²) >= 11 is 0. The molecular formula is C28H28N2O2. The summed E-state index contributed by atoms with van der Waals surface area (Å²) in [7, 11) is 0. The molecule has 0 fully saturated rings. The van der Waals surface area contributed by atoms with Crippen LogP contribution >= 0.6 is 0 Å². The second kappa shape index (κ2) is 9.65. The summed E-state index contributed by atoms with van der Waals surface area (Å²) in [6.07, 6.45) is 2.34. The third-order valence-electron chi connectivity index (χ3n) is 5.69. The van der Waals surface area contributed by atoms with E-state index in [1.54, 1.807) is 24.3 Å². The summed E-state index contributed by atoms with van der Waals surface area (Å²) in [5.74, 6) is 1.00. The minimum absolute atomic E-state index is 0.0295. The van der Waals surface area contributed by atoms with E-state index in [1.807, 2.05) is 29.7 Å². The topological polar surface area (TPSA) is 55.1 Å². The summed E-state index contributed by atoms with van der Waals surface area (Å²) in [5.41, 5.74) is 5.57. The van der Waals surface area contributed by atoms with Crippen LogP contribution in [-0.4, -0.2) is 14.7 Å². The summed E-state index contributed by atoms with van der Waals surface area (Å²) < 4.78 is 1.81. The van der Waals surface area contributed by atoms with Crippen molar-refractivity contribution in [1.29, 1.82) is 0 Å². The fraction of sp³-hybridized carbons (Fsp3) is 0.214. The summed E-state index contributed by atoms with van der Waals surface area (Å²) in [4.78, 5) is 18.6. The van der Waals surface area contributed by atoms with E-state index in [-0.39, 0.29) is 11.3 Å². The molecule has 4 rings (SSSR count). The molecule has 0 amide bonds. The first-order chi connectivity index (χ1) is 15.6. The molecule has 0 unspecified atom stereocenters. The quantitative estimate of drug-likeness (QED) is 0.405. The lowest BCUT2D eigenvalue weighted by Crippen LogP contribution is -2.29. The van der Waals surface area contributed by atoms with E-state index >= 15 is 0 Å². The Labute approximate surface area is 188 Å². The van der Waals surface area contributed by atoms with E-state index in [0.29, 0.717) is 18.5 Å². The molecule has 1 aromatic heterocycles. The molecule has 0 aliphatic carbocycles. The molecule has 0 bridgehead atoms. The lowest BCUT2D eigenvalue weighted by molar-refractivity contribution is 0.475. The average Bonchev–Trinajstić information content (AvgIpc) is 2.83. The largest absolute Gasteiger partial charge is 0.508 e. The van der Waals surface area contributed by atoms with Crippen LogP contribution in [0.5, 0.6) is 5.75 Å². The van der Waals surface area contributed by atoms with Crippen molar-refractivity contribution < 1.29 is 5.11 Å². The fourth-order valence-electron chi connectivity index (χ4n) is 4.01. The van der Waals surface area contributed by atoms with E-state index in [2.05, 4.69) is 43.3 Å². The molecule has 0 spiro atoms. The Bertz CT molecular complexity index is 1240. The van der Waals surface area contributed by atoms with Crippen LogP contribution in [-0.2, 0) is 19.4 Å². The van der Waals surface area contributed by atoms with Gasteiger partial charge in [-0.1, -0.05) is 80.6 Å². The van der Waals surface area contributed by atoms with E-state index in [1.165, 1.54) is 5.56 Å². The zero-order valence-corrected chi connectivity index (χ0v) is 18.6. The highest BCUT2D eigenvalue weighted by molar-refractivity contribution is 5.66. The molecule has 0 saturated heterocycles. The molecule has 4 nitrogen and oxygen atoms in total. The minimum Gasteiger partial charge on any atom is -0.508 e. The summed E-state index contributed by atoms with van der Waals surface area (Å²) in [6, 6.07) is 25.4. The fourth-order valence-corrected chi connectivity index (χ4v) is 4.01. The van der Waals surface area contributed by atoms with Crippen molar-refractivity contribution in [2.75, 3.05) is 0 Å². The highest BCUT2D eigenvalue weighted by atomic mass is 16.3. The second-order valence-electron chi connectivity index (χ2n) is 7.95. The number of aryl methyl sites for hydroxylation is 2. The number of benzene rings is 3. The van der Waals surface area contributed by atoms with Crippen LogP contribution in [0.1, 0.15) is 37.4 Å². The van der Waals surface area contributed by atoms with Crippen molar-refractivity contribution in [3.63, 3.8) is 0 Å². The SMILES string of the molecule is CCCc1nc(CC)c(-c2ccc(O)cc2)c(=O)n1Cc1ccc(-c2ccccc2)cc1. The molecular weight excluding hydrogens is 396 g/mol. The van der Waals surface area contributed by atoms with Gasteiger partial charge in [0, 0.05) is 6.42 Å². The zero-order chi connectivity index (χ0) is 22.5. The Hall–Kier alpha value is -3.66. The van der Waals surface area contributed by atoms with Gasteiger partial charge in [0.15, 0.2) is 0 Å². The number of hydrogen-bond acceptors (Lipinski definition) is 3. The van der Waals surface area contributed by atoms with Crippen molar-refractivity contribution in [3.05, 3.63) is 106 Å². The van der Waals surface area contributed by atoms with Crippen LogP contribution in [0.25, 0.3) is 22.3 Å². The highest BCUT2D eigenvalue weighted by Gasteiger charge is 2.17. The average molecular weight is 425 g/mol. The van der Waals surface area contributed by atoms with Crippen LogP contribution in [0, 0.1) is 0 Å². The Morgan fingerprint density at radius 3 is 2.06 bits per heavy atom. The van der Waals surface area contributed by atoms with E-state index in [0.717, 1.165) is 41.1 Å². The molecule has 4 aromatic rings. The van der Waals surface area contributed by atoms with Gasteiger partial charge in [0.05, 0.1) is 17.8 Å². The lowest BCUT2D eigenvalue weighted by Gasteiger charge is -2.17. The standard InChI is InChI=1S/C28H28N2O2/c1-3-8-26-29-25(4-2)27(23-15-17-24(31)18-16-23)28(32)30(26)19-20-11-13-22(14-12-20)21-9-6-5-7-10-21/h5-7,9-18,31H,3-4,8,19H2,1-2H3. The number of nitrogens with zero attached hydrogens (tertiary/aromatic N) is 2. The minimum atomic E-state index is -0.0295. The number of rotatable bonds is 7. The van der Waals surface area contributed by atoms with Crippen molar-refractivity contribution >= 4 is 0 Å². The number of aromatic nitrogens is 2. The van der Waals surface area contributed by atoms with Gasteiger partial charge in [-0.15, -0.1) is 0 Å². The van der Waals surface area contributed by atoms with Crippen molar-refractivity contribution in [3.8, 4) is 28.0 Å². The van der Waals surface area contributed by atoms with Gasteiger partial charge >= 0.3 is 0 Å².